The fourth-order valence-electron chi connectivity index (χ4n) is 3.68. The maximum absolute atomic E-state index is 13.3. The van der Waals surface area contributed by atoms with Gasteiger partial charge >= 0.3 is 6.18 Å². The third kappa shape index (κ3) is 3.62. The molecule has 0 saturated carbocycles. The van der Waals surface area contributed by atoms with Crippen LogP contribution in [0.5, 0.6) is 0 Å². The summed E-state index contributed by atoms with van der Waals surface area (Å²) < 4.78 is 41.6. The molecule has 2 heterocycles. The lowest BCUT2D eigenvalue weighted by Gasteiger charge is -2.19. The van der Waals surface area contributed by atoms with Crippen LogP contribution in [-0.2, 0) is 26.2 Å². The van der Waals surface area contributed by atoms with Crippen LogP contribution in [0.3, 0.4) is 0 Å². The zero-order chi connectivity index (χ0) is 20.8. The standard InChI is InChI=1S/C21H19F3N4O/c1-13(9-19-25-12-27(2)26-19)14-5-3-6-15(10-14)28-11-17-16(20(28)29)7-4-8-18(17)21(22,23)24/h3-8,10,12-13H,9,11H2,1-2H3/t13-/m1/s1. The topological polar surface area (TPSA) is 51.0 Å². The van der Waals surface area contributed by atoms with Gasteiger partial charge in [-0.3, -0.25) is 9.48 Å². The molecule has 1 aliphatic heterocycles. The minimum atomic E-state index is -4.49. The zero-order valence-corrected chi connectivity index (χ0v) is 15.9. The minimum Gasteiger partial charge on any atom is -0.304 e. The second kappa shape index (κ2) is 7.02. The second-order valence-corrected chi connectivity index (χ2v) is 7.26. The molecule has 1 aromatic heterocycles. The molecule has 1 atom stereocenters. The molecule has 8 heteroatoms. The van der Waals surface area contributed by atoms with Crippen molar-refractivity contribution in [3.05, 3.63) is 76.9 Å². The second-order valence-electron chi connectivity index (χ2n) is 7.26. The summed E-state index contributed by atoms with van der Waals surface area (Å²) in [5, 5.41) is 4.28. The number of fused-ring (bicyclic) bond motifs is 1. The number of carbonyl (C=O) groups excluding carboxylic acids is 1. The van der Waals surface area contributed by atoms with Gasteiger partial charge in [0.25, 0.3) is 5.91 Å². The number of nitrogens with zero attached hydrogens (tertiary/aromatic N) is 4. The molecule has 0 unspecified atom stereocenters. The molecule has 0 radical (unpaired) electrons. The van der Waals surface area contributed by atoms with E-state index in [-0.39, 0.29) is 23.6 Å². The molecule has 2 aromatic carbocycles. The fourth-order valence-corrected chi connectivity index (χ4v) is 3.68. The van der Waals surface area contributed by atoms with Gasteiger partial charge in [-0.15, -0.1) is 0 Å². The van der Waals surface area contributed by atoms with Gasteiger partial charge in [0, 0.05) is 24.7 Å². The normalized spacial score (nSPS) is 14.9. The Balaban J connectivity index is 1.61. The van der Waals surface area contributed by atoms with E-state index in [0.717, 1.165) is 11.6 Å². The number of rotatable bonds is 4. The Hall–Kier alpha value is -3.16. The van der Waals surface area contributed by atoms with Gasteiger partial charge in [-0.25, -0.2) is 4.98 Å². The number of amides is 1. The highest BCUT2D eigenvalue weighted by Crippen LogP contribution is 2.38. The van der Waals surface area contributed by atoms with E-state index >= 15 is 0 Å². The van der Waals surface area contributed by atoms with Crippen LogP contribution in [0.1, 0.15) is 45.7 Å². The van der Waals surface area contributed by atoms with Crippen molar-refractivity contribution in [2.75, 3.05) is 4.90 Å². The molecule has 0 spiro atoms. The van der Waals surface area contributed by atoms with E-state index < -0.39 is 17.6 Å². The van der Waals surface area contributed by atoms with Crippen LogP contribution >= 0.6 is 0 Å². The number of carbonyl (C=O) groups is 1. The van der Waals surface area contributed by atoms with E-state index in [0.29, 0.717) is 17.9 Å². The van der Waals surface area contributed by atoms with Crippen molar-refractivity contribution in [1.29, 1.82) is 0 Å². The summed E-state index contributed by atoms with van der Waals surface area (Å²) >= 11 is 0. The number of alkyl halides is 3. The Kier molecular flexibility index (Phi) is 4.64. The molecule has 29 heavy (non-hydrogen) atoms. The lowest BCUT2D eigenvalue weighted by atomic mass is 9.97. The molecular formula is C21H19F3N4O. The van der Waals surface area contributed by atoms with E-state index in [4.69, 9.17) is 0 Å². The lowest BCUT2D eigenvalue weighted by Crippen LogP contribution is -2.23. The van der Waals surface area contributed by atoms with E-state index in [1.807, 2.05) is 25.1 Å². The van der Waals surface area contributed by atoms with Crippen LogP contribution in [0.25, 0.3) is 0 Å². The smallest absolute Gasteiger partial charge is 0.304 e. The number of aryl methyl sites for hydroxylation is 1. The van der Waals surface area contributed by atoms with Crippen molar-refractivity contribution < 1.29 is 18.0 Å². The van der Waals surface area contributed by atoms with Gasteiger partial charge in [0.2, 0.25) is 0 Å². The Bertz CT molecular complexity index is 1070. The van der Waals surface area contributed by atoms with Gasteiger partial charge in [-0.2, -0.15) is 18.3 Å². The summed E-state index contributed by atoms with van der Waals surface area (Å²) in [7, 11) is 1.80. The van der Waals surface area contributed by atoms with Crippen LogP contribution in [-0.4, -0.2) is 20.7 Å². The average Bonchev–Trinajstić information content (AvgIpc) is 3.24. The summed E-state index contributed by atoms with van der Waals surface area (Å²) in [6.45, 7) is 1.93. The highest BCUT2D eigenvalue weighted by Gasteiger charge is 2.39. The number of aromatic nitrogens is 3. The first kappa shape index (κ1) is 19.2. The van der Waals surface area contributed by atoms with Crippen LogP contribution in [0.2, 0.25) is 0 Å². The van der Waals surface area contributed by atoms with E-state index in [1.54, 1.807) is 24.1 Å². The van der Waals surface area contributed by atoms with Crippen molar-refractivity contribution in [2.24, 2.45) is 7.05 Å². The van der Waals surface area contributed by atoms with Crippen molar-refractivity contribution in [3.63, 3.8) is 0 Å². The fraction of sp³-hybridized carbons (Fsp3) is 0.286. The molecule has 0 bridgehead atoms. The third-order valence-electron chi connectivity index (χ3n) is 5.16. The quantitative estimate of drug-likeness (QED) is 0.655. The van der Waals surface area contributed by atoms with Crippen LogP contribution in [0.4, 0.5) is 18.9 Å². The Morgan fingerprint density at radius 1 is 1.17 bits per heavy atom. The lowest BCUT2D eigenvalue weighted by molar-refractivity contribution is -0.138. The first-order valence-corrected chi connectivity index (χ1v) is 9.19. The third-order valence-corrected chi connectivity index (χ3v) is 5.16. The maximum atomic E-state index is 13.3. The number of halogens is 3. The predicted molar refractivity (Wildman–Crippen MR) is 102 cm³/mol. The molecule has 0 saturated heterocycles. The Labute approximate surface area is 165 Å². The first-order valence-electron chi connectivity index (χ1n) is 9.19. The maximum Gasteiger partial charge on any atom is 0.416 e. The molecule has 150 valence electrons. The van der Waals surface area contributed by atoms with Crippen molar-refractivity contribution in [2.45, 2.75) is 32.0 Å². The van der Waals surface area contributed by atoms with Gasteiger partial charge < -0.3 is 4.90 Å². The highest BCUT2D eigenvalue weighted by atomic mass is 19.4. The Morgan fingerprint density at radius 2 is 1.93 bits per heavy atom. The number of anilines is 1. The Morgan fingerprint density at radius 3 is 2.62 bits per heavy atom. The van der Waals surface area contributed by atoms with Gasteiger partial charge in [0.05, 0.1) is 12.1 Å². The molecule has 5 nitrogen and oxygen atoms in total. The van der Waals surface area contributed by atoms with Crippen molar-refractivity contribution in [1.82, 2.24) is 14.8 Å². The van der Waals surface area contributed by atoms with Crippen LogP contribution in [0.15, 0.2) is 48.8 Å². The van der Waals surface area contributed by atoms with E-state index in [1.165, 1.54) is 17.0 Å². The van der Waals surface area contributed by atoms with Gasteiger partial charge in [-0.05, 0) is 41.3 Å². The van der Waals surface area contributed by atoms with Crippen molar-refractivity contribution >= 4 is 11.6 Å². The molecule has 0 N–H and O–H groups in total. The predicted octanol–water partition coefficient (Wildman–Crippen LogP) is 4.34. The van der Waals surface area contributed by atoms with E-state index in [2.05, 4.69) is 10.1 Å². The first-order chi connectivity index (χ1) is 13.7. The van der Waals surface area contributed by atoms with Gasteiger partial charge in [-0.1, -0.05) is 25.1 Å². The molecule has 3 aromatic rings. The molecule has 1 aliphatic rings. The monoisotopic (exact) mass is 400 g/mol. The summed E-state index contributed by atoms with van der Waals surface area (Å²) in [6, 6.07) is 11.1. The van der Waals surface area contributed by atoms with Crippen LogP contribution < -0.4 is 4.90 Å². The summed E-state index contributed by atoms with van der Waals surface area (Å²) in [4.78, 5) is 18.4. The molecule has 0 fully saturated rings. The molecule has 0 aliphatic carbocycles. The highest BCUT2D eigenvalue weighted by molar-refractivity contribution is 6.10. The van der Waals surface area contributed by atoms with Gasteiger partial charge in [0.1, 0.15) is 6.33 Å². The molecule has 1 amide bonds. The summed E-state index contributed by atoms with van der Waals surface area (Å²) in [5.41, 5.74) is 0.932. The number of hydrogen-bond acceptors (Lipinski definition) is 3. The summed E-state index contributed by atoms with van der Waals surface area (Å²) in [5.74, 6) is 0.385. The van der Waals surface area contributed by atoms with Gasteiger partial charge in [0.15, 0.2) is 5.82 Å². The largest absolute Gasteiger partial charge is 0.416 e. The van der Waals surface area contributed by atoms with Crippen LogP contribution in [0, 0.1) is 0 Å². The zero-order valence-electron chi connectivity index (χ0n) is 15.9. The average molecular weight is 400 g/mol. The molecule has 4 rings (SSSR count). The molecular weight excluding hydrogens is 381 g/mol. The minimum absolute atomic E-state index is 0.0288. The summed E-state index contributed by atoms with van der Waals surface area (Å²) in [6.07, 6.45) is -2.23. The number of hydrogen-bond donors (Lipinski definition) is 0. The SMILES string of the molecule is C[C@H](Cc1ncn(C)n1)c1cccc(N2Cc3c(cccc3C(F)(F)F)C2=O)c1. The van der Waals surface area contributed by atoms with E-state index in [9.17, 15) is 18.0 Å². The number of benzene rings is 2. The van der Waals surface area contributed by atoms with Crippen molar-refractivity contribution in [3.8, 4) is 0 Å².